The molecule has 2 aliphatic rings. The topological polar surface area (TPSA) is 20.3 Å². The molecular formula is C8H11NOS. The molecule has 0 radical (unpaired) electrons. The number of β-lactam (4-membered cyclic amide) rings is 1. The van der Waals surface area contributed by atoms with Crippen molar-refractivity contribution < 1.29 is 4.79 Å². The fourth-order valence-electron chi connectivity index (χ4n) is 1.48. The minimum atomic E-state index is 0.314. The lowest BCUT2D eigenvalue weighted by atomic mass is 10.1. The molecule has 0 aromatic heterocycles. The first kappa shape index (κ1) is 7.22. The molecule has 2 fully saturated rings. The molecule has 0 aromatic rings. The van der Waals surface area contributed by atoms with Crippen molar-refractivity contribution in [2.45, 2.75) is 11.8 Å². The lowest BCUT2D eigenvalue weighted by molar-refractivity contribution is -0.142. The molecule has 1 unspecified atom stereocenters. The first-order valence-electron chi connectivity index (χ1n) is 3.85. The van der Waals surface area contributed by atoms with E-state index in [0.29, 0.717) is 17.2 Å². The minimum Gasteiger partial charge on any atom is -0.329 e. The van der Waals surface area contributed by atoms with Gasteiger partial charge < -0.3 is 4.90 Å². The van der Waals surface area contributed by atoms with Crippen LogP contribution in [0.2, 0.25) is 0 Å². The van der Waals surface area contributed by atoms with Crippen LogP contribution < -0.4 is 0 Å². The summed E-state index contributed by atoms with van der Waals surface area (Å²) in [7, 11) is 0. The zero-order valence-electron chi connectivity index (χ0n) is 6.32. The zero-order chi connectivity index (χ0) is 7.84. The number of amides is 1. The number of carbonyl (C=O) groups excluding carboxylic acids is 1. The number of fused-ring (bicyclic) bond motifs is 1. The van der Waals surface area contributed by atoms with Gasteiger partial charge in [-0.1, -0.05) is 6.08 Å². The van der Waals surface area contributed by atoms with Gasteiger partial charge in [0, 0.05) is 18.2 Å². The third-order valence-electron chi connectivity index (χ3n) is 2.28. The van der Waals surface area contributed by atoms with Crippen molar-refractivity contribution in [3.63, 3.8) is 0 Å². The molecule has 2 rings (SSSR count). The van der Waals surface area contributed by atoms with E-state index in [4.69, 9.17) is 0 Å². The van der Waals surface area contributed by atoms with Gasteiger partial charge in [0.2, 0.25) is 5.91 Å². The van der Waals surface area contributed by atoms with E-state index in [1.807, 2.05) is 22.7 Å². The maximum Gasteiger partial charge on any atom is 0.226 e. The largest absolute Gasteiger partial charge is 0.329 e. The predicted molar refractivity (Wildman–Crippen MR) is 46.3 cm³/mol. The number of rotatable bonds is 1. The van der Waals surface area contributed by atoms with Crippen molar-refractivity contribution in [1.82, 2.24) is 4.90 Å². The Bertz CT molecular complexity index is 204. The molecule has 0 saturated carbocycles. The van der Waals surface area contributed by atoms with E-state index in [9.17, 15) is 4.79 Å². The fraction of sp³-hybridized carbons (Fsp3) is 0.625. The average molecular weight is 169 g/mol. The quantitative estimate of drug-likeness (QED) is 0.432. The molecule has 2 saturated heterocycles. The van der Waals surface area contributed by atoms with Crippen molar-refractivity contribution in [3.8, 4) is 0 Å². The van der Waals surface area contributed by atoms with Crippen molar-refractivity contribution >= 4 is 17.7 Å². The number of thioether (sulfide) groups is 1. The molecule has 2 heterocycles. The molecule has 3 heteroatoms. The van der Waals surface area contributed by atoms with Crippen LogP contribution in [0.4, 0.5) is 0 Å². The Hall–Kier alpha value is -0.440. The van der Waals surface area contributed by atoms with Crippen molar-refractivity contribution in [2.75, 3.05) is 12.3 Å². The standard InChI is InChI=1S/C8H11NOS/c1-2-6-4-9-7(10)3-8(9)11-5-6/h2,6,8H,1,3-5H2/t6?,8-/m1/s1. The van der Waals surface area contributed by atoms with Gasteiger partial charge in [-0.3, -0.25) is 4.79 Å². The number of hydrogen-bond donors (Lipinski definition) is 0. The van der Waals surface area contributed by atoms with Gasteiger partial charge in [-0.05, 0) is 0 Å². The molecule has 0 N–H and O–H groups in total. The molecule has 0 bridgehead atoms. The molecular weight excluding hydrogens is 158 g/mol. The maximum absolute atomic E-state index is 11.0. The SMILES string of the molecule is C=CC1CS[C@@H]2CC(=O)N2C1. The van der Waals surface area contributed by atoms with Gasteiger partial charge in [-0.25, -0.2) is 0 Å². The highest BCUT2D eigenvalue weighted by molar-refractivity contribution is 8.00. The molecule has 2 atom stereocenters. The van der Waals surface area contributed by atoms with Crippen LogP contribution in [0, 0.1) is 5.92 Å². The Morgan fingerprint density at radius 1 is 1.73 bits per heavy atom. The van der Waals surface area contributed by atoms with Gasteiger partial charge in [0.1, 0.15) is 0 Å². The first-order valence-corrected chi connectivity index (χ1v) is 4.90. The fourth-order valence-corrected chi connectivity index (χ4v) is 2.83. The van der Waals surface area contributed by atoms with Gasteiger partial charge in [0.15, 0.2) is 0 Å². The molecule has 0 aromatic carbocycles. The third kappa shape index (κ3) is 1.07. The second kappa shape index (κ2) is 2.55. The summed E-state index contributed by atoms with van der Waals surface area (Å²) < 4.78 is 0. The molecule has 0 aliphatic carbocycles. The smallest absolute Gasteiger partial charge is 0.226 e. The molecule has 2 aliphatic heterocycles. The molecule has 60 valence electrons. The van der Waals surface area contributed by atoms with E-state index in [-0.39, 0.29) is 0 Å². The van der Waals surface area contributed by atoms with Crippen molar-refractivity contribution in [1.29, 1.82) is 0 Å². The Kier molecular flexibility index (Phi) is 1.68. The highest BCUT2D eigenvalue weighted by Gasteiger charge is 2.40. The van der Waals surface area contributed by atoms with Crippen LogP contribution in [0.25, 0.3) is 0 Å². The van der Waals surface area contributed by atoms with Crippen LogP contribution in [-0.2, 0) is 4.79 Å². The van der Waals surface area contributed by atoms with E-state index >= 15 is 0 Å². The van der Waals surface area contributed by atoms with Gasteiger partial charge in [-0.15, -0.1) is 18.3 Å². The summed E-state index contributed by atoms with van der Waals surface area (Å²) >= 11 is 1.88. The normalized spacial score (nSPS) is 36.0. The molecule has 0 spiro atoms. The summed E-state index contributed by atoms with van der Waals surface area (Å²) in [4.78, 5) is 13.0. The summed E-state index contributed by atoms with van der Waals surface area (Å²) in [5.74, 6) is 1.97. The second-order valence-electron chi connectivity index (χ2n) is 3.03. The van der Waals surface area contributed by atoms with E-state index in [2.05, 4.69) is 6.58 Å². The Labute approximate surface area is 70.6 Å². The zero-order valence-corrected chi connectivity index (χ0v) is 7.14. The maximum atomic E-state index is 11.0. The van der Waals surface area contributed by atoms with E-state index in [1.165, 1.54) is 0 Å². The van der Waals surface area contributed by atoms with Gasteiger partial charge in [-0.2, -0.15) is 0 Å². The van der Waals surface area contributed by atoms with Crippen LogP contribution in [0.3, 0.4) is 0 Å². The van der Waals surface area contributed by atoms with E-state index in [1.54, 1.807) is 0 Å². The summed E-state index contributed by atoms with van der Waals surface area (Å²) in [6.45, 7) is 4.64. The Morgan fingerprint density at radius 2 is 2.55 bits per heavy atom. The first-order chi connectivity index (χ1) is 5.31. The highest BCUT2D eigenvalue weighted by Crippen LogP contribution is 2.36. The van der Waals surface area contributed by atoms with Crippen LogP contribution in [-0.4, -0.2) is 28.5 Å². The Morgan fingerprint density at radius 3 is 3.18 bits per heavy atom. The second-order valence-corrected chi connectivity index (χ2v) is 4.24. The monoisotopic (exact) mass is 169 g/mol. The van der Waals surface area contributed by atoms with Crippen molar-refractivity contribution in [2.24, 2.45) is 5.92 Å². The predicted octanol–water partition coefficient (Wildman–Crippen LogP) is 1.09. The van der Waals surface area contributed by atoms with Crippen molar-refractivity contribution in [3.05, 3.63) is 12.7 Å². The van der Waals surface area contributed by atoms with E-state index in [0.717, 1.165) is 18.7 Å². The van der Waals surface area contributed by atoms with Crippen LogP contribution in [0.1, 0.15) is 6.42 Å². The molecule has 11 heavy (non-hydrogen) atoms. The molecule has 1 amide bonds. The number of carbonyl (C=O) groups is 1. The minimum absolute atomic E-state index is 0.314. The van der Waals surface area contributed by atoms with Gasteiger partial charge >= 0.3 is 0 Å². The van der Waals surface area contributed by atoms with Gasteiger partial charge in [0.25, 0.3) is 0 Å². The summed E-state index contributed by atoms with van der Waals surface area (Å²) in [5.41, 5.74) is 0. The third-order valence-corrected chi connectivity index (χ3v) is 3.71. The lowest BCUT2D eigenvalue weighted by Gasteiger charge is -2.45. The van der Waals surface area contributed by atoms with E-state index < -0.39 is 0 Å². The van der Waals surface area contributed by atoms with Crippen LogP contribution in [0.5, 0.6) is 0 Å². The number of nitrogens with zero attached hydrogens (tertiary/aromatic N) is 1. The summed E-state index contributed by atoms with van der Waals surface area (Å²) in [6.07, 6.45) is 2.71. The highest BCUT2D eigenvalue weighted by atomic mass is 32.2. The van der Waals surface area contributed by atoms with Crippen LogP contribution >= 0.6 is 11.8 Å². The number of hydrogen-bond acceptors (Lipinski definition) is 2. The molecule has 2 nitrogen and oxygen atoms in total. The van der Waals surface area contributed by atoms with Gasteiger partial charge in [0.05, 0.1) is 11.8 Å². The van der Waals surface area contributed by atoms with Crippen LogP contribution in [0.15, 0.2) is 12.7 Å². The Balaban J connectivity index is 1.99. The lowest BCUT2D eigenvalue weighted by Crippen LogP contribution is -2.55. The average Bonchev–Trinajstić information content (AvgIpc) is 2.03. The summed E-state index contributed by atoms with van der Waals surface area (Å²) in [5, 5.41) is 0.499. The summed E-state index contributed by atoms with van der Waals surface area (Å²) in [6, 6.07) is 0.